The number of carbonyl (C=O) groups is 1. The summed E-state index contributed by atoms with van der Waals surface area (Å²) in [6.45, 7) is 5.40. The van der Waals surface area contributed by atoms with E-state index < -0.39 is 10.0 Å². The number of nitriles is 1. The van der Waals surface area contributed by atoms with Gasteiger partial charge < -0.3 is 5.32 Å². The molecule has 2 rings (SSSR count). The van der Waals surface area contributed by atoms with Crippen LogP contribution in [0.15, 0.2) is 41.3 Å². The van der Waals surface area contributed by atoms with E-state index in [9.17, 15) is 13.2 Å². The molecule has 0 aromatic heterocycles. The van der Waals surface area contributed by atoms with Gasteiger partial charge in [0.05, 0.1) is 16.5 Å². The maximum Gasteiger partial charge on any atom is 0.241 e. The smallest absolute Gasteiger partial charge is 0.241 e. The number of aryl methyl sites for hydroxylation is 3. The van der Waals surface area contributed by atoms with E-state index in [1.165, 1.54) is 0 Å². The topological polar surface area (TPSA) is 99.1 Å². The highest BCUT2D eigenvalue weighted by atomic mass is 32.2. The molecular weight excluding hydrogens is 350 g/mol. The van der Waals surface area contributed by atoms with Crippen molar-refractivity contribution < 1.29 is 13.2 Å². The fraction of sp³-hybridized carbons (Fsp3) is 0.263. The van der Waals surface area contributed by atoms with Crippen LogP contribution in [-0.2, 0) is 14.8 Å². The zero-order valence-electron chi connectivity index (χ0n) is 15.0. The number of hydrogen-bond acceptors (Lipinski definition) is 4. The van der Waals surface area contributed by atoms with E-state index in [2.05, 4.69) is 10.0 Å². The molecule has 6 nitrogen and oxygen atoms in total. The molecule has 1 amide bonds. The van der Waals surface area contributed by atoms with Crippen molar-refractivity contribution in [1.29, 1.82) is 5.26 Å². The number of rotatable bonds is 6. The molecule has 0 aliphatic rings. The van der Waals surface area contributed by atoms with Crippen molar-refractivity contribution in [3.8, 4) is 6.07 Å². The number of sulfonamides is 1. The number of amides is 1. The molecule has 0 atom stereocenters. The van der Waals surface area contributed by atoms with Crippen LogP contribution < -0.4 is 10.0 Å². The van der Waals surface area contributed by atoms with Gasteiger partial charge in [-0.2, -0.15) is 5.26 Å². The van der Waals surface area contributed by atoms with Gasteiger partial charge in [0.1, 0.15) is 0 Å². The highest BCUT2D eigenvalue weighted by Gasteiger charge is 2.19. The first-order valence-electron chi connectivity index (χ1n) is 8.10. The van der Waals surface area contributed by atoms with Gasteiger partial charge in [-0.25, -0.2) is 13.1 Å². The van der Waals surface area contributed by atoms with Crippen LogP contribution >= 0.6 is 0 Å². The van der Waals surface area contributed by atoms with Gasteiger partial charge in [0.2, 0.25) is 15.9 Å². The van der Waals surface area contributed by atoms with Gasteiger partial charge in [0.25, 0.3) is 0 Å². The predicted molar refractivity (Wildman–Crippen MR) is 100 cm³/mol. The summed E-state index contributed by atoms with van der Waals surface area (Å²) in [6.07, 6.45) is -0.0139. The Kier molecular flexibility index (Phi) is 6.14. The molecule has 0 aliphatic heterocycles. The minimum atomic E-state index is -3.69. The van der Waals surface area contributed by atoms with E-state index in [4.69, 9.17) is 5.26 Å². The quantitative estimate of drug-likeness (QED) is 0.815. The lowest BCUT2D eigenvalue weighted by molar-refractivity contribution is -0.116. The van der Waals surface area contributed by atoms with E-state index in [0.29, 0.717) is 22.4 Å². The van der Waals surface area contributed by atoms with Crippen LogP contribution in [0.1, 0.15) is 28.7 Å². The van der Waals surface area contributed by atoms with Crippen LogP contribution in [0, 0.1) is 32.1 Å². The van der Waals surface area contributed by atoms with Gasteiger partial charge in [-0.3, -0.25) is 4.79 Å². The molecule has 0 saturated heterocycles. The second-order valence-electron chi connectivity index (χ2n) is 6.12. The summed E-state index contributed by atoms with van der Waals surface area (Å²) >= 11 is 0. The molecule has 0 saturated carbocycles. The monoisotopic (exact) mass is 371 g/mol. The van der Waals surface area contributed by atoms with E-state index >= 15 is 0 Å². The summed E-state index contributed by atoms with van der Waals surface area (Å²) in [6, 6.07) is 12.2. The van der Waals surface area contributed by atoms with Crippen molar-refractivity contribution >= 4 is 21.6 Å². The summed E-state index contributed by atoms with van der Waals surface area (Å²) in [4.78, 5) is 12.2. The molecule has 0 fully saturated rings. The molecule has 2 aromatic rings. The third kappa shape index (κ3) is 4.91. The predicted octanol–water partition coefficient (Wildman–Crippen LogP) is 2.79. The Bertz CT molecular complexity index is 953. The SMILES string of the molecule is Cc1cc(C)c(S(=O)(=O)NCCC(=O)Nc2cccc(C#N)c2)c(C)c1. The number of nitrogens with zero attached hydrogens (tertiary/aromatic N) is 1. The molecule has 2 N–H and O–H groups in total. The Morgan fingerprint density at radius 3 is 2.38 bits per heavy atom. The number of nitrogens with one attached hydrogen (secondary N) is 2. The van der Waals surface area contributed by atoms with Gasteiger partial charge in [-0.1, -0.05) is 23.8 Å². The lowest BCUT2D eigenvalue weighted by atomic mass is 10.1. The first-order chi connectivity index (χ1) is 12.2. The Labute approximate surface area is 153 Å². The van der Waals surface area contributed by atoms with Crippen molar-refractivity contribution in [2.24, 2.45) is 0 Å². The fourth-order valence-electron chi connectivity index (χ4n) is 2.85. The Balaban J connectivity index is 1.98. The highest BCUT2D eigenvalue weighted by molar-refractivity contribution is 7.89. The van der Waals surface area contributed by atoms with Gasteiger partial charge in [-0.15, -0.1) is 0 Å². The van der Waals surface area contributed by atoms with E-state index in [1.807, 2.05) is 25.1 Å². The molecule has 0 unspecified atom stereocenters. The Morgan fingerprint density at radius 2 is 1.77 bits per heavy atom. The van der Waals surface area contributed by atoms with Gasteiger partial charge in [0.15, 0.2) is 0 Å². The van der Waals surface area contributed by atoms with Crippen molar-refractivity contribution in [2.75, 3.05) is 11.9 Å². The largest absolute Gasteiger partial charge is 0.326 e. The molecule has 136 valence electrons. The molecule has 0 bridgehead atoms. The highest BCUT2D eigenvalue weighted by Crippen LogP contribution is 2.21. The average molecular weight is 371 g/mol. The standard InChI is InChI=1S/C19H21N3O3S/c1-13-9-14(2)19(15(3)10-13)26(24,25)21-8-7-18(23)22-17-6-4-5-16(11-17)12-20/h4-6,9-11,21H,7-8H2,1-3H3,(H,22,23). The lowest BCUT2D eigenvalue weighted by Gasteiger charge is -2.13. The van der Waals surface area contributed by atoms with Crippen LogP contribution in [0.4, 0.5) is 5.69 Å². The average Bonchev–Trinajstić information content (AvgIpc) is 2.53. The third-order valence-electron chi connectivity index (χ3n) is 3.79. The molecular formula is C19H21N3O3S. The van der Waals surface area contributed by atoms with E-state index in [1.54, 1.807) is 38.1 Å². The molecule has 0 radical (unpaired) electrons. The molecule has 26 heavy (non-hydrogen) atoms. The summed E-state index contributed by atoms with van der Waals surface area (Å²) in [5.41, 5.74) is 3.29. The summed E-state index contributed by atoms with van der Waals surface area (Å²) in [5, 5.41) is 11.5. The summed E-state index contributed by atoms with van der Waals surface area (Å²) in [7, 11) is -3.69. The number of anilines is 1. The summed E-state index contributed by atoms with van der Waals surface area (Å²) in [5.74, 6) is -0.333. The minimum absolute atomic E-state index is 0.0139. The van der Waals surface area contributed by atoms with Crippen molar-refractivity contribution in [3.05, 3.63) is 58.7 Å². The maximum atomic E-state index is 12.5. The van der Waals surface area contributed by atoms with Crippen molar-refractivity contribution in [2.45, 2.75) is 32.1 Å². The Morgan fingerprint density at radius 1 is 1.12 bits per heavy atom. The second-order valence-corrected chi connectivity index (χ2v) is 7.82. The Hall–Kier alpha value is -2.69. The first-order valence-corrected chi connectivity index (χ1v) is 9.59. The number of hydrogen-bond donors (Lipinski definition) is 2. The molecule has 0 heterocycles. The maximum absolute atomic E-state index is 12.5. The summed E-state index contributed by atoms with van der Waals surface area (Å²) < 4.78 is 27.5. The van der Waals surface area contributed by atoms with Crippen LogP contribution in [0.5, 0.6) is 0 Å². The molecule has 2 aromatic carbocycles. The number of benzene rings is 2. The van der Waals surface area contributed by atoms with Crippen molar-refractivity contribution in [3.63, 3.8) is 0 Å². The third-order valence-corrected chi connectivity index (χ3v) is 5.56. The van der Waals surface area contributed by atoms with E-state index in [-0.39, 0.29) is 23.8 Å². The normalized spacial score (nSPS) is 11.0. The second kappa shape index (κ2) is 8.13. The lowest BCUT2D eigenvalue weighted by Crippen LogP contribution is -2.29. The first kappa shape index (κ1) is 19.6. The van der Waals surface area contributed by atoms with Gasteiger partial charge in [0, 0.05) is 18.7 Å². The fourth-order valence-corrected chi connectivity index (χ4v) is 4.33. The minimum Gasteiger partial charge on any atom is -0.326 e. The molecule has 0 aliphatic carbocycles. The van der Waals surface area contributed by atoms with Crippen molar-refractivity contribution in [1.82, 2.24) is 4.72 Å². The van der Waals surface area contributed by atoms with Crippen LogP contribution in [0.2, 0.25) is 0 Å². The zero-order chi connectivity index (χ0) is 19.3. The van der Waals surface area contributed by atoms with Crippen LogP contribution in [-0.4, -0.2) is 20.9 Å². The van der Waals surface area contributed by atoms with Gasteiger partial charge in [-0.05, 0) is 50.1 Å². The van der Waals surface area contributed by atoms with Crippen LogP contribution in [0.25, 0.3) is 0 Å². The van der Waals surface area contributed by atoms with Gasteiger partial charge >= 0.3 is 0 Å². The number of carbonyl (C=O) groups excluding carboxylic acids is 1. The van der Waals surface area contributed by atoms with Crippen LogP contribution in [0.3, 0.4) is 0 Å². The van der Waals surface area contributed by atoms with E-state index in [0.717, 1.165) is 5.56 Å². The molecule has 7 heteroatoms. The molecule has 0 spiro atoms. The zero-order valence-corrected chi connectivity index (χ0v) is 15.8.